The van der Waals surface area contributed by atoms with Crippen LogP contribution < -0.4 is 0 Å². The number of likely N-dealkylation sites (tertiary alicyclic amines) is 1. The molecule has 0 aromatic heterocycles. The van der Waals surface area contributed by atoms with E-state index in [0.717, 1.165) is 23.8 Å². The molecule has 220 valence electrons. The van der Waals surface area contributed by atoms with Crippen LogP contribution in [-0.2, 0) is 21.7 Å². The lowest BCUT2D eigenvalue weighted by molar-refractivity contribution is -0.146. The molecule has 0 spiro atoms. The van der Waals surface area contributed by atoms with Crippen molar-refractivity contribution >= 4 is 17.6 Å². The van der Waals surface area contributed by atoms with Crippen LogP contribution in [0.15, 0.2) is 84.9 Å². The van der Waals surface area contributed by atoms with Gasteiger partial charge < -0.3 is 19.6 Å². The Morgan fingerprint density at radius 2 is 1.67 bits per heavy atom. The molecule has 1 N–H and O–H groups in total. The van der Waals surface area contributed by atoms with Crippen LogP contribution in [0.4, 0.5) is 13.6 Å². The highest BCUT2D eigenvalue weighted by molar-refractivity contribution is 5.83. The zero-order valence-corrected chi connectivity index (χ0v) is 23.6. The molecule has 3 aromatic carbocycles. The first kappa shape index (κ1) is 29.4. The van der Waals surface area contributed by atoms with Crippen LogP contribution in [-0.4, -0.2) is 77.7 Å². The Kier molecular flexibility index (Phi) is 8.99. The summed E-state index contributed by atoms with van der Waals surface area (Å²) in [4.78, 5) is 31.7. The largest absolute Gasteiger partial charge is 0.460 e. The molecule has 1 saturated heterocycles. The third-order valence-corrected chi connectivity index (χ3v) is 8.25. The molecule has 42 heavy (non-hydrogen) atoms. The standard InChI is InChI=1S/C33H35F2N3O4/c1-36(28-14-16-37(17-15-28)21-31(40)42-22-24-8-4-2-5-9-24)32(41)38-20-25(29-18-27(34)12-13-30(29)35)19-33(38,23-39)26-10-6-3-7-11-26/h2-13,18-19,28,39H,14-17,20-23H2,1H3. The van der Waals surface area contributed by atoms with Crippen molar-refractivity contribution in [1.82, 2.24) is 14.7 Å². The second-order valence-corrected chi connectivity index (χ2v) is 10.9. The predicted octanol–water partition coefficient (Wildman–Crippen LogP) is 4.81. The topological polar surface area (TPSA) is 73.3 Å². The number of hydrogen-bond acceptors (Lipinski definition) is 5. The number of carbonyl (C=O) groups is 2. The molecule has 0 radical (unpaired) electrons. The van der Waals surface area contributed by atoms with Gasteiger partial charge in [-0.05, 0) is 53.8 Å². The summed E-state index contributed by atoms with van der Waals surface area (Å²) < 4.78 is 34.3. The van der Waals surface area contributed by atoms with Crippen LogP contribution in [0.1, 0.15) is 29.5 Å². The van der Waals surface area contributed by atoms with E-state index < -0.39 is 23.8 Å². The van der Waals surface area contributed by atoms with Gasteiger partial charge in [0.25, 0.3) is 0 Å². The summed E-state index contributed by atoms with van der Waals surface area (Å²) in [5.74, 6) is -1.48. The number of urea groups is 1. The van der Waals surface area contributed by atoms with E-state index in [1.165, 1.54) is 4.90 Å². The molecule has 2 amide bonds. The molecule has 2 aliphatic rings. The Hall–Kier alpha value is -4.08. The Bertz CT molecular complexity index is 1430. The number of ether oxygens (including phenoxy) is 1. The Labute approximate surface area is 244 Å². The van der Waals surface area contributed by atoms with Gasteiger partial charge in [0.2, 0.25) is 0 Å². The summed E-state index contributed by atoms with van der Waals surface area (Å²) in [5.41, 5.74) is 0.845. The van der Waals surface area contributed by atoms with Gasteiger partial charge in [-0.1, -0.05) is 60.7 Å². The van der Waals surface area contributed by atoms with Crippen molar-refractivity contribution in [3.8, 4) is 0 Å². The monoisotopic (exact) mass is 575 g/mol. The maximum atomic E-state index is 14.8. The number of nitrogens with zero attached hydrogens (tertiary/aromatic N) is 3. The van der Waals surface area contributed by atoms with Crippen molar-refractivity contribution in [2.45, 2.75) is 31.0 Å². The smallest absolute Gasteiger partial charge is 0.321 e. The van der Waals surface area contributed by atoms with E-state index in [2.05, 4.69) is 0 Å². The molecule has 3 aromatic rings. The fourth-order valence-electron chi connectivity index (χ4n) is 5.83. The number of rotatable bonds is 8. The molecule has 7 nitrogen and oxygen atoms in total. The molecule has 0 aliphatic carbocycles. The molecule has 5 rings (SSSR count). The summed E-state index contributed by atoms with van der Waals surface area (Å²) in [6.45, 7) is 1.21. The second kappa shape index (κ2) is 12.8. The van der Waals surface area contributed by atoms with Crippen molar-refractivity contribution < 1.29 is 28.2 Å². The minimum atomic E-state index is -1.25. The molecule has 1 atom stereocenters. The first-order valence-electron chi connectivity index (χ1n) is 14.1. The van der Waals surface area contributed by atoms with E-state index in [-0.39, 0.29) is 43.3 Å². The van der Waals surface area contributed by atoms with Gasteiger partial charge in [0.15, 0.2) is 0 Å². The molecular formula is C33H35F2N3O4. The number of aliphatic hydroxyl groups is 1. The van der Waals surface area contributed by atoms with Gasteiger partial charge in [0, 0.05) is 38.3 Å². The number of aliphatic hydroxyl groups excluding tert-OH is 1. The van der Waals surface area contributed by atoms with Crippen molar-refractivity contribution in [3.63, 3.8) is 0 Å². The summed E-state index contributed by atoms with van der Waals surface area (Å²) in [7, 11) is 1.73. The molecular weight excluding hydrogens is 540 g/mol. The predicted molar refractivity (Wildman–Crippen MR) is 155 cm³/mol. The summed E-state index contributed by atoms with van der Waals surface area (Å²) in [5, 5.41) is 10.7. The summed E-state index contributed by atoms with van der Waals surface area (Å²) in [6.07, 6.45) is 2.98. The molecule has 9 heteroatoms. The van der Waals surface area contributed by atoms with Crippen LogP contribution in [0.3, 0.4) is 0 Å². The summed E-state index contributed by atoms with van der Waals surface area (Å²) in [6, 6.07) is 21.4. The first-order chi connectivity index (χ1) is 20.3. The maximum absolute atomic E-state index is 14.8. The van der Waals surface area contributed by atoms with Crippen molar-refractivity contribution in [2.75, 3.05) is 39.8 Å². The zero-order chi connectivity index (χ0) is 29.7. The number of benzene rings is 3. The van der Waals surface area contributed by atoms with Crippen molar-refractivity contribution in [2.24, 2.45) is 0 Å². The molecule has 0 bridgehead atoms. The number of esters is 1. The second-order valence-electron chi connectivity index (χ2n) is 10.9. The maximum Gasteiger partial charge on any atom is 0.321 e. The molecule has 2 heterocycles. The Morgan fingerprint density at radius 1 is 1.00 bits per heavy atom. The van der Waals surface area contributed by atoms with E-state index >= 15 is 0 Å². The SMILES string of the molecule is CN(C(=O)N1CC(c2cc(F)ccc2F)=CC1(CO)c1ccccc1)C1CCN(CC(=O)OCc2ccccc2)CC1. The van der Waals surface area contributed by atoms with E-state index in [1.54, 1.807) is 18.0 Å². The van der Waals surface area contributed by atoms with Crippen molar-refractivity contribution in [3.05, 3.63) is 113 Å². The zero-order valence-electron chi connectivity index (χ0n) is 23.6. The van der Waals surface area contributed by atoms with Crippen LogP contribution >= 0.6 is 0 Å². The third kappa shape index (κ3) is 6.22. The number of halogens is 2. The molecule has 0 saturated carbocycles. The number of piperidine rings is 1. The minimum Gasteiger partial charge on any atom is -0.460 e. The lowest BCUT2D eigenvalue weighted by Crippen LogP contribution is -2.56. The fourth-order valence-corrected chi connectivity index (χ4v) is 5.83. The normalized spacial score (nSPS) is 19.4. The lowest BCUT2D eigenvalue weighted by Gasteiger charge is -2.42. The number of hydrogen-bond donors (Lipinski definition) is 1. The third-order valence-electron chi connectivity index (χ3n) is 8.25. The Balaban J connectivity index is 1.27. The average molecular weight is 576 g/mol. The van der Waals surface area contributed by atoms with Crippen LogP contribution in [0.5, 0.6) is 0 Å². The van der Waals surface area contributed by atoms with Crippen molar-refractivity contribution in [1.29, 1.82) is 0 Å². The highest BCUT2D eigenvalue weighted by Crippen LogP contribution is 2.41. The van der Waals surface area contributed by atoms with Gasteiger partial charge in [-0.2, -0.15) is 0 Å². The summed E-state index contributed by atoms with van der Waals surface area (Å²) >= 11 is 0. The molecule has 1 fully saturated rings. The fraction of sp³-hybridized carbons (Fsp3) is 0.333. The molecule has 2 aliphatic heterocycles. The van der Waals surface area contributed by atoms with Gasteiger partial charge in [-0.15, -0.1) is 0 Å². The Morgan fingerprint density at radius 3 is 2.33 bits per heavy atom. The first-order valence-corrected chi connectivity index (χ1v) is 14.1. The lowest BCUT2D eigenvalue weighted by atomic mass is 9.89. The number of carbonyl (C=O) groups excluding carboxylic acids is 2. The van der Waals surface area contributed by atoms with Crippen LogP contribution in [0, 0.1) is 11.6 Å². The van der Waals surface area contributed by atoms with Gasteiger partial charge in [-0.25, -0.2) is 13.6 Å². The van der Waals surface area contributed by atoms with Crippen LogP contribution in [0.25, 0.3) is 5.57 Å². The van der Waals surface area contributed by atoms with Gasteiger partial charge in [0.05, 0.1) is 13.2 Å². The highest BCUT2D eigenvalue weighted by Gasteiger charge is 2.46. The quantitative estimate of drug-likeness (QED) is 0.391. The van der Waals surface area contributed by atoms with E-state index in [9.17, 15) is 23.5 Å². The van der Waals surface area contributed by atoms with E-state index in [4.69, 9.17) is 4.74 Å². The van der Waals surface area contributed by atoms with Gasteiger partial charge in [-0.3, -0.25) is 9.69 Å². The van der Waals surface area contributed by atoms with Crippen LogP contribution in [0.2, 0.25) is 0 Å². The van der Waals surface area contributed by atoms with Gasteiger partial charge >= 0.3 is 12.0 Å². The molecule has 1 unspecified atom stereocenters. The highest BCUT2D eigenvalue weighted by atomic mass is 19.1. The van der Waals surface area contributed by atoms with E-state index in [0.29, 0.717) is 37.1 Å². The van der Waals surface area contributed by atoms with E-state index in [1.807, 2.05) is 65.6 Å². The number of amides is 2. The van der Waals surface area contributed by atoms with Gasteiger partial charge in [0.1, 0.15) is 23.8 Å². The minimum absolute atomic E-state index is 0.00506. The average Bonchev–Trinajstić information content (AvgIpc) is 3.42.